The molecule has 0 saturated carbocycles. The molecule has 1 heterocycles. The van der Waals surface area contributed by atoms with E-state index in [0.717, 1.165) is 34.0 Å². The van der Waals surface area contributed by atoms with E-state index in [1.54, 1.807) is 13.2 Å². The Bertz CT molecular complexity index is 1120. The van der Waals surface area contributed by atoms with Gasteiger partial charge in [-0.1, -0.05) is 6.07 Å². The topological polar surface area (TPSA) is 67.0 Å². The van der Waals surface area contributed by atoms with Crippen LogP contribution in [-0.2, 0) is 4.79 Å². The Morgan fingerprint density at radius 1 is 1.03 bits per heavy atom. The number of benzene rings is 2. The molecule has 2 aromatic carbocycles. The molecule has 0 spiro atoms. The number of anilines is 1. The highest BCUT2D eigenvalue weighted by Gasteiger charge is 2.13. The summed E-state index contributed by atoms with van der Waals surface area (Å²) < 4.78 is 7.20. The third kappa shape index (κ3) is 4.39. The quantitative estimate of drug-likeness (QED) is 0.499. The SMILES string of the molecule is COc1ccc(-n2c(C)ccc2/C=C(/C#N)C(=O)Nc2ccc(C)c(C)c2)cc1. The van der Waals surface area contributed by atoms with Gasteiger partial charge in [-0.05, 0) is 86.5 Å². The zero-order chi connectivity index (χ0) is 21.0. The standard InChI is InChI=1S/C24H23N3O2/c1-16-5-7-20(13-17(16)2)26-24(28)19(15-25)14-22-8-6-18(3)27(22)21-9-11-23(29-4)12-10-21/h5-14H,1-4H3,(H,26,28)/b19-14-. The summed E-state index contributed by atoms with van der Waals surface area (Å²) in [4.78, 5) is 12.7. The van der Waals surface area contributed by atoms with Gasteiger partial charge in [-0.3, -0.25) is 4.79 Å². The van der Waals surface area contributed by atoms with Crippen molar-refractivity contribution in [1.82, 2.24) is 4.57 Å². The average Bonchev–Trinajstić information content (AvgIpc) is 3.09. The highest BCUT2D eigenvalue weighted by atomic mass is 16.5. The molecule has 0 aliphatic heterocycles. The van der Waals surface area contributed by atoms with Crippen LogP contribution in [0.2, 0.25) is 0 Å². The number of nitrogens with zero attached hydrogens (tertiary/aromatic N) is 2. The monoisotopic (exact) mass is 385 g/mol. The third-order valence-corrected chi connectivity index (χ3v) is 4.86. The number of amides is 1. The van der Waals surface area contributed by atoms with Crippen LogP contribution in [0.3, 0.4) is 0 Å². The lowest BCUT2D eigenvalue weighted by Crippen LogP contribution is -2.14. The van der Waals surface area contributed by atoms with E-state index in [1.807, 2.05) is 86.0 Å². The number of nitriles is 1. The molecule has 0 atom stereocenters. The number of carbonyl (C=O) groups is 1. The van der Waals surface area contributed by atoms with E-state index < -0.39 is 5.91 Å². The minimum atomic E-state index is -0.434. The van der Waals surface area contributed by atoms with Gasteiger partial charge in [0.1, 0.15) is 17.4 Å². The number of nitrogens with one attached hydrogen (secondary N) is 1. The van der Waals surface area contributed by atoms with Gasteiger partial charge in [-0.25, -0.2) is 0 Å². The normalized spacial score (nSPS) is 11.1. The summed E-state index contributed by atoms with van der Waals surface area (Å²) in [5.74, 6) is 0.331. The van der Waals surface area contributed by atoms with Crippen molar-refractivity contribution in [1.29, 1.82) is 5.26 Å². The first-order chi connectivity index (χ1) is 13.9. The highest BCUT2D eigenvalue weighted by molar-refractivity contribution is 6.09. The molecule has 0 aliphatic rings. The molecule has 0 radical (unpaired) electrons. The van der Waals surface area contributed by atoms with Gasteiger partial charge in [0, 0.05) is 22.8 Å². The maximum Gasteiger partial charge on any atom is 0.266 e. The van der Waals surface area contributed by atoms with E-state index in [0.29, 0.717) is 5.69 Å². The van der Waals surface area contributed by atoms with Gasteiger partial charge < -0.3 is 14.6 Å². The van der Waals surface area contributed by atoms with Crippen LogP contribution in [0.5, 0.6) is 5.75 Å². The van der Waals surface area contributed by atoms with Crippen LogP contribution in [0.15, 0.2) is 60.2 Å². The molecular formula is C24H23N3O2. The van der Waals surface area contributed by atoms with Gasteiger partial charge in [0.05, 0.1) is 7.11 Å². The molecule has 1 aromatic heterocycles. The summed E-state index contributed by atoms with van der Waals surface area (Å²) in [6.07, 6.45) is 1.60. The van der Waals surface area contributed by atoms with E-state index in [1.165, 1.54) is 0 Å². The van der Waals surface area contributed by atoms with Crippen LogP contribution in [0.1, 0.15) is 22.5 Å². The maximum atomic E-state index is 12.7. The molecule has 0 unspecified atom stereocenters. The summed E-state index contributed by atoms with van der Waals surface area (Å²) in [7, 11) is 1.62. The number of hydrogen-bond acceptors (Lipinski definition) is 3. The predicted octanol–water partition coefficient (Wildman–Crippen LogP) is 4.96. The summed E-state index contributed by atoms with van der Waals surface area (Å²) in [6.45, 7) is 5.97. The van der Waals surface area contributed by atoms with E-state index in [4.69, 9.17) is 4.74 Å². The van der Waals surface area contributed by atoms with Crippen molar-refractivity contribution in [3.8, 4) is 17.5 Å². The third-order valence-electron chi connectivity index (χ3n) is 4.86. The smallest absolute Gasteiger partial charge is 0.266 e. The summed E-state index contributed by atoms with van der Waals surface area (Å²) in [5, 5.41) is 12.4. The van der Waals surface area contributed by atoms with Crippen LogP contribution in [0.25, 0.3) is 11.8 Å². The molecule has 3 aromatic rings. The molecule has 0 fully saturated rings. The Balaban J connectivity index is 1.92. The van der Waals surface area contributed by atoms with E-state index in [2.05, 4.69) is 5.32 Å². The number of carbonyl (C=O) groups excluding carboxylic acids is 1. The fourth-order valence-corrected chi connectivity index (χ4v) is 3.07. The Hall–Kier alpha value is -3.78. The van der Waals surface area contributed by atoms with Gasteiger partial charge in [-0.15, -0.1) is 0 Å². The maximum absolute atomic E-state index is 12.7. The van der Waals surface area contributed by atoms with Gasteiger partial charge in [0.15, 0.2) is 0 Å². The van der Waals surface area contributed by atoms with Crippen LogP contribution >= 0.6 is 0 Å². The van der Waals surface area contributed by atoms with Gasteiger partial charge in [0.2, 0.25) is 0 Å². The predicted molar refractivity (Wildman–Crippen MR) is 115 cm³/mol. The molecule has 146 valence electrons. The summed E-state index contributed by atoms with van der Waals surface area (Å²) in [5.41, 5.74) is 5.59. The molecule has 29 heavy (non-hydrogen) atoms. The van der Waals surface area contributed by atoms with Crippen molar-refractivity contribution in [2.24, 2.45) is 0 Å². The second-order valence-electron chi connectivity index (χ2n) is 6.86. The zero-order valence-electron chi connectivity index (χ0n) is 17.0. The Kier molecular flexibility index (Phi) is 5.85. The summed E-state index contributed by atoms with van der Waals surface area (Å²) >= 11 is 0. The first-order valence-corrected chi connectivity index (χ1v) is 9.26. The number of ether oxygens (including phenoxy) is 1. The minimum Gasteiger partial charge on any atom is -0.497 e. The van der Waals surface area contributed by atoms with Crippen molar-refractivity contribution in [2.75, 3.05) is 12.4 Å². The lowest BCUT2D eigenvalue weighted by atomic mass is 10.1. The van der Waals surface area contributed by atoms with Crippen molar-refractivity contribution in [2.45, 2.75) is 20.8 Å². The molecule has 5 heteroatoms. The largest absolute Gasteiger partial charge is 0.497 e. The van der Waals surface area contributed by atoms with Crippen molar-refractivity contribution >= 4 is 17.7 Å². The van der Waals surface area contributed by atoms with Crippen molar-refractivity contribution in [3.63, 3.8) is 0 Å². The van der Waals surface area contributed by atoms with E-state index in [9.17, 15) is 10.1 Å². The molecule has 3 rings (SSSR count). The van der Waals surface area contributed by atoms with Crippen LogP contribution in [0, 0.1) is 32.1 Å². The number of methoxy groups -OCH3 is 1. The molecule has 5 nitrogen and oxygen atoms in total. The van der Waals surface area contributed by atoms with Crippen LogP contribution in [0.4, 0.5) is 5.69 Å². The highest BCUT2D eigenvalue weighted by Crippen LogP contribution is 2.22. The van der Waals surface area contributed by atoms with E-state index in [-0.39, 0.29) is 5.57 Å². The van der Waals surface area contributed by atoms with Gasteiger partial charge in [-0.2, -0.15) is 5.26 Å². The van der Waals surface area contributed by atoms with Crippen molar-refractivity contribution in [3.05, 3.63) is 82.7 Å². The average molecular weight is 385 g/mol. The van der Waals surface area contributed by atoms with Crippen molar-refractivity contribution < 1.29 is 9.53 Å². The molecule has 0 saturated heterocycles. The zero-order valence-corrected chi connectivity index (χ0v) is 17.0. The Morgan fingerprint density at radius 2 is 1.76 bits per heavy atom. The Labute approximate surface area is 170 Å². The number of rotatable bonds is 5. The Morgan fingerprint density at radius 3 is 2.38 bits per heavy atom. The first-order valence-electron chi connectivity index (χ1n) is 9.26. The minimum absolute atomic E-state index is 0.0380. The van der Waals surface area contributed by atoms with Crippen LogP contribution < -0.4 is 10.1 Å². The first kappa shape index (κ1) is 20.0. The summed E-state index contributed by atoms with van der Waals surface area (Å²) in [6, 6.07) is 19.1. The molecule has 1 amide bonds. The molecular weight excluding hydrogens is 362 g/mol. The van der Waals surface area contributed by atoms with Crippen LogP contribution in [-0.4, -0.2) is 17.6 Å². The lowest BCUT2D eigenvalue weighted by Gasteiger charge is -2.11. The molecule has 0 bridgehead atoms. The number of aryl methyl sites for hydroxylation is 3. The second-order valence-corrected chi connectivity index (χ2v) is 6.86. The van der Waals surface area contributed by atoms with Gasteiger partial charge >= 0.3 is 0 Å². The molecule has 0 aliphatic carbocycles. The lowest BCUT2D eigenvalue weighted by molar-refractivity contribution is -0.112. The fraction of sp³-hybridized carbons (Fsp3) is 0.167. The molecule has 1 N–H and O–H groups in total. The number of hydrogen-bond donors (Lipinski definition) is 1. The van der Waals surface area contributed by atoms with E-state index >= 15 is 0 Å². The fourth-order valence-electron chi connectivity index (χ4n) is 3.07. The van der Waals surface area contributed by atoms with Gasteiger partial charge in [0.25, 0.3) is 5.91 Å². The number of aromatic nitrogens is 1. The second kappa shape index (κ2) is 8.49.